The Balaban J connectivity index is 0.00000486. The van der Waals surface area contributed by atoms with Crippen LogP contribution in [0.25, 0.3) is 23.7 Å². The minimum atomic E-state index is -5.07. The number of phosphoric ester groups is 1. The summed E-state index contributed by atoms with van der Waals surface area (Å²) in [5, 5.41) is 0. The van der Waals surface area contributed by atoms with Crippen LogP contribution in [0.1, 0.15) is 72.9 Å². The number of carbonyl (C=O) groups is 2. The molecule has 0 aromatic heterocycles. The fraction of sp³-hybridized carbons (Fsp3) is 0.211. The molecule has 4 aromatic rings. The molecule has 0 radical (unpaired) electrons. The van der Waals surface area contributed by atoms with Crippen LogP contribution in [-0.2, 0) is 32.7 Å². The van der Waals surface area contributed by atoms with Crippen LogP contribution >= 0.6 is 31.3 Å². The van der Waals surface area contributed by atoms with Crippen molar-refractivity contribution >= 4 is 67.0 Å². The minimum absolute atomic E-state index is 0. The predicted molar refractivity (Wildman–Crippen MR) is 190 cm³/mol. The van der Waals surface area contributed by atoms with Crippen molar-refractivity contribution in [2.24, 2.45) is 0 Å². The zero-order valence-corrected chi connectivity index (χ0v) is 32.9. The Morgan fingerprint density at radius 2 is 1.06 bits per heavy atom. The summed E-state index contributed by atoms with van der Waals surface area (Å²) in [6.07, 6.45) is 3.32. The van der Waals surface area contributed by atoms with Crippen molar-refractivity contribution in [3.05, 3.63) is 118 Å². The molecule has 8 nitrogen and oxygen atoms in total. The van der Waals surface area contributed by atoms with E-state index in [-0.39, 0.29) is 66.2 Å². The van der Waals surface area contributed by atoms with Crippen LogP contribution in [-0.4, -0.2) is 25.2 Å². The molecule has 2 unspecified atom stereocenters. The summed E-state index contributed by atoms with van der Waals surface area (Å²) < 4.78 is 36.0. The van der Waals surface area contributed by atoms with Gasteiger partial charge in [-0.05, 0) is 98.5 Å². The Kier molecular flexibility index (Phi) is 12.5. The van der Waals surface area contributed by atoms with E-state index in [2.05, 4.69) is 0 Å². The molecule has 6 rings (SSSR count). The Hall–Kier alpha value is -3.21. The summed E-state index contributed by atoms with van der Waals surface area (Å²) in [7, 11) is -5.07. The monoisotopic (exact) mass is 736 g/mol. The maximum atomic E-state index is 13.9. The summed E-state index contributed by atoms with van der Waals surface area (Å²) in [6, 6.07) is 26.0. The maximum Gasteiger partial charge on any atom is 1.00 e. The molecule has 2 atom stereocenters. The SMILES string of the molecule is CCOC(=O)C(C)c1ccc2c(c1)C=C(OP(=O)([O-])OC1=Cc3cc(C(C)C(=O)OCC)ccc3Sc3ccccc31)c1ccccc1S2.[Na+]. The van der Waals surface area contributed by atoms with Gasteiger partial charge in [0.1, 0.15) is 11.5 Å². The van der Waals surface area contributed by atoms with E-state index in [4.69, 9.17) is 18.5 Å². The standard InChI is InChI=1S/C38H35O8PS2.Na/c1-5-43-37(39)23(3)25-15-17-33-27(19-25)21-31(29-11-7-9-13-35(29)48-33)45-47(41,42)46-32-22-28-20-26(24(4)38(40)44-6-2)16-18-34(28)49-36-14-10-8-12-30(32)36;/h7-24H,5-6H2,1-4H3,(H,41,42);/q;+1/p-1. The van der Waals surface area contributed by atoms with Gasteiger partial charge >= 0.3 is 49.3 Å². The molecule has 0 fully saturated rings. The van der Waals surface area contributed by atoms with Crippen molar-refractivity contribution in [2.45, 2.75) is 59.1 Å². The van der Waals surface area contributed by atoms with Crippen LogP contribution < -0.4 is 34.5 Å². The third-order valence-electron chi connectivity index (χ3n) is 8.09. The Labute approximate surface area is 322 Å². The van der Waals surface area contributed by atoms with Gasteiger partial charge < -0.3 is 23.4 Å². The second-order valence-corrected chi connectivity index (χ2v) is 14.8. The first-order valence-corrected chi connectivity index (χ1v) is 19.0. The van der Waals surface area contributed by atoms with Crippen molar-refractivity contribution in [1.82, 2.24) is 0 Å². The van der Waals surface area contributed by atoms with Gasteiger partial charge in [-0.1, -0.05) is 72.1 Å². The second-order valence-electron chi connectivity index (χ2n) is 11.4. The number of rotatable bonds is 10. The summed E-state index contributed by atoms with van der Waals surface area (Å²) >= 11 is 2.95. The fourth-order valence-corrected chi connectivity index (χ4v) is 8.38. The van der Waals surface area contributed by atoms with E-state index in [0.29, 0.717) is 22.3 Å². The molecule has 252 valence electrons. The molecular formula is C38H34NaO8PS2. The van der Waals surface area contributed by atoms with Gasteiger partial charge in [0.05, 0.1) is 25.0 Å². The summed E-state index contributed by atoms with van der Waals surface area (Å²) in [4.78, 5) is 42.2. The molecule has 12 heteroatoms. The predicted octanol–water partition coefficient (Wildman–Crippen LogP) is 6.15. The van der Waals surface area contributed by atoms with Crippen LogP contribution in [0.2, 0.25) is 0 Å². The van der Waals surface area contributed by atoms with E-state index in [9.17, 15) is 19.0 Å². The normalized spacial score (nSPS) is 15.2. The van der Waals surface area contributed by atoms with Crippen molar-refractivity contribution < 1.29 is 67.1 Å². The topological polar surface area (TPSA) is 111 Å². The number of hydrogen-bond acceptors (Lipinski definition) is 10. The van der Waals surface area contributed by atoms with Gasteiger partial charge in [0, 0.05) is 30.7 Å². The Bertz CT molecular complexity index is 1900. The second kappa shape index (κ2) is 16.4. The van der Waals surface area contributed by atoms with Crippen molar-refractivity contribution in [3.63, 3.8) is 0 Å². The number of hydrogen-bond donors (Lipinski definition) is 0. The molecule has 4 aromatic carbocycles. The van der Waals surface area contributed by atoms with Crippen LogP contribution in [0.3, 0.4) is 0 Å². The van der Waals surface area contributed by atoms with Gasteiger partial charge in [0.15, 0.2) is 0 Å². The molecule has 0 aliphatic carbocycles. The van der Waals surface area contributed by atoms with E-state index < -0.39 is 19.7 Å². The van der Waals surface area contributed by atoms with E-state index in [1.165, 1.54) is 23.5 Å². The van der Waals surface area contributed by atoms with Gasteiger partial charge in [-0.2, -0.15) is 0 Å². The van der Waals surface area contributed by atoms with Crippen LogP contribution in [0.15, 0.2) is 105 Å². The number of fused-ring (bicyclic) bond motifs is 4. The van der Waals surface area contributed by atoms with Crippen LogP contribution in [0.4, 0.5) is 0 Å². The number of phosphoric acid groups is 1. The first-order chi connectivity index (χ1) is 23.6. The Morgan fingerprint density at radius 3 is 1.46 bits per heavy atom. The zero-order valence-electron chi connectivity index (χ0n) is 28.3. The van der Waals surface area contributed by atoms with Gasteiger partial charge in [-0.3, -0.25) is 9.59 Å². The fourth-order valence-electron chi connectivity index (χ4n) is 5.49. The summed E-state index contributed by atoms with van der Waals surface area (Å²) in [5.41, 5.74) is 4.01. The molecule has 0 spiro atoms. The van der Waals surface area contributed by atoms with E-state index >= 15 is 0 Å². The van der Waals surface area contributed by atoms with Gasteiger partial charge in [0.25, 0.3) is 0 Å². The van der Waals surface area contributed by atoms with Crippen LogP contribution in [0, 0.1) is 0 Å². The molecule has 0 amide bonds. The molecule has 50 heavy (non-hydrogen) atoms. The van der Waals surface area contributed by atoms with Gasteiger partial charge in [-0.25, -0.2) is 4.57 Å². The molecule has 0 saturated heterocycles. The van der Waals surface area contributed by atoms with E-state index in [1.54, 1.807) is 52.0 Å². The maximum absolute atomic E-state index is 13.9. The molecule has 2 heterocycles. The van der Waals surface area contributed by atoms with Crippen molar-refractivity contribution in [3.8, 4) is 0 Å². The summed E-state index contributed by atoms with van der Waals surface area (Å²) in [6.45, 7) is 7.61. The number of carbonyl (C=O) groups excluding carboxylic acids is 2. The smallest absolute Gasteiger partial charge is 0.736 e. The largest absolute Gasteiger partial charge is 1.00 e. The van der Waals surface area contributed by atoms with Gasteiger partial charge in [-0.15, -0.1) is 0 Å². The van der Waals surface area contributed by atoms with Crippen molar-refractivity contribution in [1.29, 1.82) is 0 Å². The average Bonchev–Trinajstić information content (AvgIpc) is 3.33. The molecule has 0 saturated carbocycles. The first-order valence-electron chi connectivity index (χ1n) is 15.9. The molecule has 0 N–H and O–H groups in total. The minimum Gasteiger partial charge on any atom is -0.736 e. The zero-order chi connectivity index (χ0) is 34.7. The number of benzene rings is 4. The average molecular weight is 737 g/mol. The third-order valence-corrected chi connectivity index (χ3v) is 11.3. The third kappa shape index (κ3) is 8.45. The van der Waals surface area contributed by atoms with E-state index in [1.807, 2.05) is 72.8 Å². The molecule has 0 bridgehead atoms. The molecule has 2 aliphatic heterocycles. The Morgan fingerprint density at radius 1 is 0.660 bits per heavy atom. The molecule has 2 aliphatic rings. The number of esters is 2. The van der Waals surface area contributed by atoms with Crippen molar-refractivity contribution in [2.75, 3.05) is 13.2 Å². The van der Waals surface area contributed by atoms with Gasteiger partial charge in [0.2, 0.25) is 0 Å². The van der Waals surface area contributed by atoms with E-state index in [0.717, 1.165) is 30.7 Å². The van der Waals surface area contributed by atoms with Crippen LogP contribution in [0.5, 0.6) is 0 Å². The first kappa shape index (κ1) is 38.0. The summed E-state index contributed by atoms with van der Waals surface area (Å²) in [5.74, 6) is -1.55. The number of ether oxygens (including phenoxy) is 2. The quantitative estimate of drug-likeness (QED) is 0.107. The molecular weight excluding hydrogens is 703 g/mol.